The van der Waals surface area contributed by atoms with Crippen LogP contribution in [-0.2, 0) is 40.3 Å². The van der Waals surface area contributed by atoms with Crippen LogP contribution >= 0.6 is 0 Å². The number of piperazine rings is 1. The molecule has 2 amide bonds. The Morgan fingerprint density at radius 2 is 0.683 bits per heavy atom. The number of rotatable bonds is 38. The summed E-state index contributed by atoms with van der Waals surface area (Å²) < 4.78 is 49.9. The van der Waals surface area contributed by atoms with Gasteiger partial charge in [0, 0.05) is 128 Å². The van der Waals surface area contributed by atoms with Gasteiger partial charge in [-0.25, -0.2) is 14.4 Å². The second kappa shape index (κ2) is 49.2. The lowest BCUT2D eigenvalue weighted by molar-refractivity contribution is -0.146. The van der Waals surface area contributed by atoms with Gasteiger partial charge in [0.15, 0.2) is 34.0 Å². The number of carbonyl (C=O) groups excluding carboxylic acids is 8. The van der Waals surface area contributed by atoms with E-state index in [4.69, 9.17) is 35.4 Å². The van der Waals surface area contributed by atoms with E-state index >= 15 is 0 Å². The van der Waals surface area contributed by atoms with Gasteiger partial charge in [-0.1, -0.05) is 124 Å². The van der Waals surface area contributed by atoms with E-state index in [1.807, 2.05) is 87.4 Å². The number of phenolic OH excluding ortho intramolecular Hbond substituents is 3. The Morgan fingerprint density at radius 1 is 0.382 bits per heavy atom. The first kappa shape index (κ1) is 111. The molecule has 8 rings (SSSR count). The van der Waals surface area contributed by atoms with Gasteiger partial charge in [-0.2, -0.15) is 0 Å². The molecule has 0 bridgehead atoms. The van der Waals surface area contributed by atoms with Crippen LogP contribution in [0.15, 0.2) is 181 Å². The lowest BCUT2D eigenvalue weighted by atomic mass is 9.96. The molecule has 0 aromatic heterocycles. The fourth-order valence-electron chi connectivity index (χ4n) is 13.5. The Morgan fingerprint density at radius 3 is 0.984 bits per heavy atom. The fourth-order valence-corrected chi connectivity index (χ4v) is 35.0. The van der Waals surface area contributed by atoms with Crippen molar-refractivity contribution in [3.8, 4) is 23.0 Å². The number of nitrogens with zero attached hydrogens (tertiary/aromatic N) is 5. The highest BCUT2D eigenvalue weighted by molar-refractivity contribution is 6.94. The molecule has 0 aliphatic carbocycles. The van der Waals surface area contributed by atoms with Crippen LogP contribution in [0.25, 0.3) is 6.08 Å². The molecule has 1 aliphatic rings. The standard InChI is InChI=1S/C48H71NO13Si5.C40H44N4O6.6CH4/c1-17-49(18-2)38-27-30-42(44(50)32-38)45(51)40-23-21-22-24-41(40)46(52)58-34-36(6)67(16,60-64(10,11)12)62-65(13,14)61-66(15,59-63(7,8)9)35(5)33-57-39-28-25-37(26-29-39)31-43(47(53)55-19-3)48(54)56-20-4;1-5-41(6-2)27-17-19-33(35(45)25-27)37(47)29-13-9-11-15-31(29)39(49)43-21-23-44(24-22-43)40(50)32-16-12-10-14-30(32)38(48)34-20-18-28(26-36(34)46)42(7-3)8-4;;;;;;/h21-32,50H,5-6,17-20,33-34H2,1-4,7-16H3;9-20,25-26,45-46H,5-8,21-24H2,1-4H3;6*1H4. The summed E-state index contributed by atoms with van der Waals surface area (Å²) in [5, 5.41) is 33.6. The summed E-state index contributed by atoms with van der Waals surface area (Å²) in [4.78, 5) is 117. The van der Waals surface area contributed by atoms with Crippen molar-refractivity contribution in [3.05, 3.63) is 236 Å². The number of phenols is 3. The zero-order valence-electron chi connectivity index (χ0n) is 70.9. The van der Waals surface area contributed by atoms with E-state index in [0.717, 1.165) is 56.3 Å². The molecule has 1 aliphatic heterocycles. The normalized spacial score (nSPS) is 12.6. The van der Waals surface area contributed by atoms with Gasteiger partial charge in [-0.3, -0.25) is 24.0 Å². The Labute approximate surface area is 738 Å². The molecule has 0 spiro atoms. The van der Waals surface area contributed by atoms with Crippen molar-refractivity contribution >= 4 is 113 Å². The zero-order chi connectivity index (χ0) is 86.5. The molecule has 7 aromatic rings. The third-order valence-corrected chi connectivity index (χ3v) is 37.2. The van der Waals surface area contributed by atoms with Crippen molar-refractivity contribution in [1.29, 1.82) is 0 Å². The highest BCUT2D eigenvalue weighted by atomic mass is 28.5. The molecule has 123 heavy (non-hydrogen) atoms. The topological polar surface area (TPSA) is 287 Å². The number of ether oxygens (including phenoxy) is 4. The third kappa shape index (κ3) is 29.4. The molecule has 1 heterocycles. The monoisotopic (exact) mass is 1780 g/mol. The number of amides is 2. The summed E-state index contributed by atoms with van der Waals surface area (Å²) in [6.45, 7) is 49.5. The van der Waals surface area contributed by atoms with Gasteiger partial charge in [0.05, 0.1) is 46.6 Å². The fraction of sp³-hybridized carbons (Fsp3) is 0.404. The molecule has 674 valence electrons. The summed E-state index contributed by atoms with van der Waals surface area (Å²) in [6.07, 6.45) is 1.41. The Kier molecular flexibility index (Phi) is 44.3. The Balaban J connectivity index is 0.00000121. The van der Waals surface area contributed by atoms with E-state index < -0.39 is 77.6 Å². The van der Waals surface area contributed by atoms with Crippen molar-refractivity contribution < 1.29 is 89.1 Å². The van der Waals surface area contributed by atoms with Gasteiger partial charge in [0.2, 0.25) is 0 Å². The smallest absolute Gasteiger partial charge is 0.348 e. The molecule has 0 saturated carbocycles. The van der Waals surface area contributed by atoms with Crippen molar-refractivity contribution in [1.82, 2.24) is 9.80 Å². The first-order chi connectivity index (χ1) is 55.2. The van der Waals surface area contributed by atoms with Crippen LogP contribution in [0.3, 0.4) is 0 Å². The van der Waals surface area contributed by atoms with E-state index in [0.29, 0.717) is 21.7 Å². The van der Waals surface area contributed by atoms with Crippen LogP contribution in [0.2, 0.25) is 65.5 Å². The second-order valence-electron chi connectivity index (χ2n) is 30.4. The van der Waals surface area contributed by atoms with E-state index in [1.165, 1.54) is 18.2 Å². The predicted octanol–water partition coefficient (Wildman–Crippen LogP) is 19.7. The number of hydrogen-bond acceptors (Lipinski definition) is 22. The van der Waals surface area contributed by atoms with Gasteiger partial charge < -0.3 is 75.2 Å². The molecule has 2 atom stereocenters. The summed E-state index contributed by atoms with van der Waals surface area (Å²) in [7, 11) is -14.6. The van der Waals surface area contributed by atoms with Crippen LogP contribution in [0.5, 0.6) is 23.0 Å². The molecule has 7 aromatic carbocycles. The van der Waals surface area contributed by atoms with Gasteiger partial charge in [0.25, 0.3) is 11.8 Å². The van der Waals surface area contributed by atoms with Crippen LogP contribution in [-0.4, -0.2) is 206 Å². The molecule has 1 fully saturated rings. The number of benzene rings is 7. The van der Waals surface area contributed by atoms with E-state index in [-0.39, 0.29) is 182 Å². The highest BCUT2D eigenvalue weighted by Gasteiger charge is 2.51. The van der Waals surface area contributed by atoms with Crippen molar-refractivity contribution in [3.63, 3.8) is 0 Å². The third-order valence-electron chi connectivity index (χ3n) is 19.3. The summed E-state index contributed by atoms with van der Waals surface area (Å²) in [5.74, 6) is -4.41. The van der Waals surface area contributed by atoms with Crippen molar-refractivity contribution in [2.24, 2.45) is 0 Å². The number of carbonyl (C=O) groups is 8. The average molecular weight is 1780 g/mol. The van der Waals surface area contributed by atoms with Crippen LogP contribution in [0, 0.1) is 0 Å². The Hall–Kier alpha value is -10.4. The maximum atomic E-state index is 13.8. The maximum absolute atomic E-state index is 13.8. The average Bonchev–Trinajstić information content (AvgIpc) is 0.788. The SMILES string of the molecule is C.C.C.C.C.C.C=C(COC(=O)c1ccccc1C(=O)c1ccc(N(CC)CC)cc1O)[Si](C)(O[Si](C)(C)C)O[Si](C)(C)O[Si](C)(O[Si](C)(C)C)C(=C)COc1ccc(C=C(C(=O)OCC)C(=O)OCC)cc1.CCN(CC)c1ccc(C(=O)c2ccccc2C(=O)N2CCN(C(=O)c3ccccc3C(=O)c3ccc(N(CC)CC)cc3O)CC2)c(O)c1. The molecule has 1 saturated heterocycles. The number of ketones is 3. The largest absolute Gasteiger partial charge is 0.507 e. The van der Waals surface area contributed by atoms with E-state index in [2.05, 4.69) is 47.5 Å². The van der Waals surface area contributed by atoms with Crippen LogP contribution in [0.4, 0.5) is 17.1 Å². The minimum atomic E-state index is -3.44. The van der Waals surface area contributed by atoms with Gasteiger partial charge in [0.1, 0.15) is 41.8 Å². The minimum absolute atomic E-state index is 0. The lowest BCUT2D eigenvalue weighted by Crippen LogP contribution is -2.61. The van der Waals surface area contributed by atoms with Crippen LogP contribution in [0.1, 0.15) is 184 Å². The van der Waals surface area contributed by atoms with Crippen molar-refractivity contribution in [2.45, 2.75) is 165 Å². The molecule has 3 N–H and O–H groups in total. The summed E-state index contributed by atoms with van der Waals surface area (Å²) >= 11 is 0. The summed E-state index contributed by atoms with van der Waals surface area (Å²) in [5.41, 5.74) is 3.93. The molecular weight excluding hydrogens is 1640 g/mol. The molecule has 2 unspecified atom stereocenters. The number of anilines is 3. The van der Waals surface area contributed by atoms with Crippen molar-refractivity contribution in [2.75, 3.05) is 107 Å². The number of aromatic hydroxyl groups is 3. The lowest BCUT2D eigenvalue weighted by Gasteiger charge is -2.44. The second-order valence-corrected chi connectivity index (χ2v) is 50.1. The molecule has 24 nitrogen and oxygen atoms in total. The highest BCUT2D eigenvalue weighted by Crippen LogP contribution is 2.36. The molecule has 29 heteroatoms. The number of hydrogen-bond donors (Lipinski definition) is 3. The predicted molar refractivity (Wildman–Crippen MR) is 510 cm³/mol. The van der Waals surface area contributed by atoms with E-state index in [9.17, 15) is 53.7 Å². The zero-order valence-corrected chi connectivity index (χ0v) is 75.9. The number of esters is 3. The van der Waals surface area contributed by atoms with Gasteiger partial charge in [-0.15, -0.1) is 0 Å². The Bertz CT molecular complexity index is 4620. The van der Waals surface area contributed by atoms with E-state index in [1.54, 1.807) is 163 Å². The van der Waals surface area contributed by atoms with Gasteiger partial charge >= 0.3 is 43.6 Å². The first-order valence-corrected chi connectivity index (χ1v) is 53.9. The van der Waals surface area contributed by atoms with Gasteiger partial charge in [-0.05, 0) is 199 Å². The first-order valence-electron chi connectivity index (χ1n) is 39.6. The van der Waals surface area contributed by atoms with Crippen LogP contribution < -0.4 is 19.4 Å². The molecule has 0 radical (unpaired) electrons. The molecular formula is C94H139N5O19Si5. The quantitative estimate of drug-likeness (QED) is 0.00616. The summed E-state index contributed by atoms with van der Waals surface area (Å²) in [6, 6.07) is 41.1. The maximum Gasteiger partial charge on any atom is 0.348 e. The minimum Gasteiger partial charge on any atom is -0.507 e.